The van der Waals surface area contributed by atoms with Gasteiger partial charge in [-0.2, -0.15) is 0 Å². The molecule has 1 aromatic carbocycles. The molecular formula is C19H28O10S. The fraction of sp³-hybridized carbons (Fsp3) is 0.684. The first kappa shape index (κ1) is 23.8. The average Bonchev–Trinajstić information content (AvgIpc) is 2.77. The minimum absolute atomic E-state index is 0.123. The third kappa shape index (κ3) is 5.14. The molecule has 0 saturated carbocycles. The lowest BCUT2D eigenvalue weighted by atomic mass is 10.0. The van der Waals surface area contributed by atoms with Crippen LogP contribution in [0.1, 0.15) is 5.56 Å². The molecule has 2 fully saturated rings. The predicted octanol–water partition coefficient (Wildman–Crippen LogP) is -2.46. The van der Waals surface area contributed by atoms with Gasteiger partial charge in [0, 0.05) is 0 Å². The van der Waals surface area contributed by atoms with E-state index in [0.717, 1.165) is 17.3 Å². The number of hydrogen-bond donors (Lipinski definition) is 7. The Hall–Kier alpha value is -0.830. The highest BCUT2D eigenvalue weighted by Gasteiger charge is 2.50. The summed E-state index contributed by atoms with van der Waals surface area (Å²) in [5.74, 6) is 0. The van der Waals surface area contributed by atoms with Gasteiger partial charge in [-0.15, -0.1) is 11.8 Å². The van der Waals surface area contributed by atoms with Crippen molar-refractivity contribution in [3.8, 4) is 0 Å². The van der Waals surface area contributed by atoms with Crippen molar-refractivity contribution < 1.29 is 50.0 Å². The first-order valence-electron chi connectivity index (χ1n) is 9.61. The van der Waals surface area contributed by atoms with Crippen LogP contribution in [0.4, 0.5) is 0 Å². The molecule has 10 atom stereocenters. The van der Waals surface area contributed by atoms with E-state index >= 15 is 0 Å². The molecule has 2 heterocycles. The molecule has 0 aromatic heterocycles. The van der Waals surface area contributed by atoms with Crippen molar-refractivity contribution in [1.82, 2.24) is 0 Å². The maximum atomic E-state index is 10.6. The fourth-order valence-electron chi connectivity index (χ4n) is 3.42. The van der Waals surface area contributed by atoms with Gasteiger partial charge in [0.15, 0.2) is 6.29 Å². The van der Waals surface area contributed by atoms with Crippen molar-refractivity contribution in [3.63, 3.8) is 0 Å². The summed E-state index contributed by atoms with van der Waals surface area (Å²) >= 11 is 0.846. The molecule has 0 radical (unpaired) electrons. The van der Waals surface area contributed by atoms with E-state index in [2.05, 4.69) is 0 Å². The number of ether oxygens (including phenoxy) is 3. The lowest BCUT2D eigenvalue weighted by Crippen LogP contribution is -2.61. The van der Waals surface area contributed by atoms with Crippen LogP contribution in [0, 0.1) is 0 Å². The van der Waals surface area contributed by atoms with Crippen LogP contribution in [-0.4, -0.2) is 109 Å². The van der Waals surface area contributed by atoms with Crippen molar-refractivity contribution in [2.75, 3.05) is 13.2 Å². The third-order valence-corrected chi connectivity index (χ3v) is 6.69. The van der Waals surface area contributed by atoms with Crippen LogP contribution in [0.5, 0.6) is 0 Å². The Bertz CT molecular complexity index is 649. The lowest BCUT2D eigenvalue weighted by molar-refractivity contribution is -0.256. The molecule has 0 amide bonds. The predicted molar refractivity (Wildman–Crippen MR) is 104 cm³/mol. The summed E-state index contributed by atoms with van der Waals surface area (Å²) < 4.78 is 16.9. The maximum Gasteiger partial charge on any atom is 0.173 e. The Morgan fingerprint density at radius 1 is 0.767 bits per heavy atom. The van der Waals surface area contributed by atoms with Crippen LogP contribution in [0.3, 0.4) is 0 Å². The Morgan fingerprint density at radius 2 is 1.37 bits per heavy atom. The molecule has 2 aliphatic heterocycles. The minimum atomic E-state index is -1.58. The molecular weight excluding hydrogens is 420 g/mol. The molecule has 11 heteroatoms. The second-order valence-electron chi connectivity index (χ2n) is 7.30. The molecule has 0 spiro atoms. The summed E-state index contributed by atoms with van der Waals surface area (Å²) in [4.78, 5) is 0. The molecule has 3 rings (SSSR count). The standard InChI is InChI=1S/C19H28O10S/c20-6-10-13(23)15(25)17(18(28-10)27-8-9-4-2-1-3-5-9)30-19-16(26)14(24)12(22)11(7-21)29-19/h1-5,10-26H,6-8H2. The molecule has 2 saturated heterocycles. The van der Waals surface area contributed by atoms with Gasteiger partial charge < -0.3 is 50.0 Å². The van der Waals surface area contributed by atoms with Crippen LogP contribution in [-0.2, 0) is 20.8 Å². The molecule has 10 unspecified atom stereocenters. The van der Waals surface area contributed by atoms with Gasteiger partial charge in [0.1, 0.15) is 42.1 Å². The highest BCUT2D eigenvalue weighted by molar-refractivity contribution is 8.00. The average molecular weight is 448 g/mol. The third-order valence-electron chi connectivity index (χ3n) is 5.22. The number of rotatable bonds is 7. The zero-order chi connectivity index (χ0) is 21.8. The lowest BCUT2D eigenvalue weighted by Gasteiger charge is -2.45. The van der Waals surface area contributed by atoms with E-state index in [9.17, 15) is 35.7 Å². The summed E-state index contributed by atoms with van der Waals surface area (Å²) in [5.41, 5.74) is -0.316. The van der Waals surface area contributed by atoms with Gasteiger partial charge in [-0.3, -0.25) is 0 Å². The van der Waals surface area contributed by atoms with Gasteiger partial charge in [-0.1, -0.05) is 30.3 Å². The highest BCUT2D eigenvalue weighted by atomic mass is 32.2. The molecule has 7 N–H and O–H groups in total. The van der Waals surface area contributed by atoms with Crippen molar-refractivity contribution in [2.24, 2.45) is 0 Å². The van der Waals surface area contributed by atoms with E-state index in [1.54, 1.807) is 0 Å². The SMILES string of the molecule is OCC1OC(SC2C(OCc3ccccc3)OC(CO)C(O)C2O)C(O)C(O)C1O. The Morgan fingerprint density at radius 3 is 2.00 bits per heavy atom. The van der Waals surface area contributed by atoms with Gasteiger partial charge >= 0.3 is 0 Å². The quantitative estimate of drug-likeness (QED) is 0.236. The number of thioether (sulfide) groups is 1. The van der Waals surface area contributed by atoms with Crippen LogP contribution < -0.4 is 0 Å². The summed E-state index contributed by atoms with van der Waals surface area (Å²) in [5, 5.41) is 69.0. The zero-order valence-electron chi connectivity index (χ0n) is 16.0. The van der Waals surface area contributed by atoms with Crippen molar-refractivity contribution in [3.05, 3.63) is 35.9 Å². The normalized spacial score (nSPS) is 42.2. The van der Waals surface area contributed by atoms with E-state index in [1.165, 1.54) is 0 Å². The van der Waals surface area contributed by atoms with Gasteiger partial charge in [-0.05, 0) is 5.56 Å². The van der Waals surface area contributed by atoms with Crippen molar-refractivity contribution in [1.29, 1.82) is 0 Å². The van der Waals surface area contributed by atoms with Gasteiger partial charge in [0.05, 0.1) is 31.2 Å². The number of aliphatic hydroxyl groups excluding tert-OH is 7. The van der Waals surface area contributed by atoms with E-state index in [0.29, 0.717) is 0 Å². The Labute approximate surface area is 177 Å². The maximum absolute atomic E-state index is 10.6. The molecule has 170 valence electrons. The van der Waals surface area contributed by atoms with E-state index in [4.69, 9.17) is 14.2 Å². The van der Waals surface area contributed by atoms with E-state index < -0.39 is 72.9 Å². The van der Waals surface area contributed by atoms with Gasteiger partial charge in [0.25, 0.3) is 0 Å². The molecule has 0 aliphatic carbocycles. The minimum Gasteiger partial charge on any atom is -0.394 e. The summed E-state index contributed by atoms with van der Waals surface area (Å²) in [6.07, 6.45) is -10.7. The molecule has 10 nitrogen and oxygen atoms in total. The van der Waals surface area contributed by atoms with Gasteiger partial charge in [0.2, 0.25) is 0 Å². The molecule has 1 aromatic rings. The number of aliphatic hydroxyl groups is 7. The molecule has 2 aliphatic rings. The van der Waals surface area contributed by atoms with Crippen molar-refractivity contribution >= 4 is 11.8 Å². The topological polar surface area (TPSA) is 169 Å². The van der Waals surface area contributed by atoms with Crippen LogP contribution in [0.25, 0.3) is 0 Å². The number of benzene rings is 1. The van der Waals surface area contributed by atoms with Crippen molar-refractivity contribution in [2.45, 2.75) is 66.3 Å². The van der Waals surface area contributed by atoms with Gasteiger partial charge in [-0.25, -0.2) is 0 Å². The van der Waals surface area contributed by atoms with E-state index in [1.807, 2.05) is 30.3 Å². The summed E-state index contributed by atoms with van der Waals surface area (Å²) in [6, 6.07) is 9.17. The molecule has 0 bridgehead atoms. The second kappa shape index (κ2) is 10.7. The summed E-state index contributed by atoms with van der Waals surface area (Å²) in [6.45, 7) is -1.01. The Kier molecular flexibility index (Phi) is 8.46. The fourth-order valence-corrected chi connectivity index (χ4v) is 4.85. The number of hydrogen-bond acceptors (Lipinski definition) is 11. The smallest absolute Gasteiger partial charge is 0.173 e. The van der Waals surface area contributed by atoms with Crippen LogP contribution >= 0.6 is 11.8 Å². The zero-order valence-corrected chi connectivity index (χ0v) is 16.9. The monoisotopic (exact) mass is 448 g/mol. The van der Waals surface area contributed by atoms with Crippen LogP contribution in [0.2, 0.25) is 0 Å². The highest BCUT2D eigenvalue weighted by Crippen LogP contribution is 2.38. The largest absolute Gasteiger partial charge is 0.394 e. The first-order valence-corrected chi connectivity index (χ1v) is 10.6. The van der Waals surface area contributed by atoms with Crippen LogP contribution in [0.15, 0.2) is 30.3 Å². The van der Waals surface area contributed by atoms with E-state index in [-0.39, 0.29) is 6.61 Å². The Balaban J connectivity index is 1.75. The summed E-state index contributed by atoms with van der Waals surface area (Å²) in [7, 11) is 0. The first-order chi connectivity index (χ1) is 14.4. The second-order valence-corrected chi connectivity index (χ2v) is 8.58. The molecule has 30 heavy (non-hydrogen) atoms.